The molecule has 1 aliphatic heterocycles. The van der Waals surface area contributed by atoms with E-state index in [9.17, 15) is 9.18 Å². The highest BCUT2D eigenvalue weighted by molar-refractivity contribution is 7.80. The first-order valence-electron chi connectivity index (χ1n) is 6.59. The highest BCUT2D eigenvalue weighted by Crippen LogP contribution is 2.22. The van der Waals surface area contributed by atoms with Crippen molar-refractivity contribution in [3.05, 3.63) is 29.6 Å². The van der Waals surface area contributed by atoms with Gasteiger partial charge in [-0.2, -0.15) is 0 Å². The molecule has 1 aromatic carbocycles. The SMILES string of the molecule is CC(=O)NC1CCN(c2ccc(C(N)=S)c(F)c2)CC1. The van der Waals surface area contributed by atoms with Crippen LogP contribution in [0, 0.1) is 5.82 Å². The van der Waals surface area contributed by atoms with E-state index in [1.807, 2.05) is 6.07 Å². The van der Waals surface area contributed by atoms with Crippen molar-refractivity contribution in [2.75, 3.05) is 18.0 Å². The minimum atomic E-state index is -0.390. The van der Waals surface area contributed by atoms with Gasteiger partial charge in [0.15, 0.2) is 0 Å². The Balaban J connectivity index is 2.02. The second-order valence-electron chi connectivity index (χ2n) is 4.99. The number of halogens is 1. The molecule has 1 amide bonds. The van der Waals surface area contributed by atoms with Crippen LogP contribution < -0.4 is 16.0 Å². The number of carbonyl (C=O) groups is 1. The summed E-state index contributed by atoms with van der Waals surface area (Å²) >= 11 is 4.79. The van der Waals surface area contributed by atoms with Crippen LogP contribution in [0.4, 0.5) is 10.1 Å². The molecule has 0 bridgehead atoms. The van der Waals surface area contributed by atoms with Crippen molar-refractivity contribution in [3.63, 3.8) is 0 Å². The number of nitrogens with zero attached hydrogens (tertiary/aromatic N) is 1. The summed E-state index contributed by atoms with van der Waals surface area (Å²) in [6, 6.07) is 5.13. The van der Waals surface area contributed by atoms with Crippen LogP contribution in [-0.2, 0) is 4.79 Å². The molecule has 0 radical (unpaired) electrons. The van der Waals surface area contributed by atoms with Crippen molar-refractivity contribution in [1.82, 2.24) is 5.32 Å². The van der Waals surface area contributed by atoms with E-state index < -0.39 is 0 Å². The van der Waals surface area contributed by atoms with Gasteiger partial charge in [0.25, 0.3) is 0 Å². The first kappa shape index (κ1) is 14.7. The molecule has 1 saturated heterocycles. The van der Waals surface area contributed by atoms with Gasteiger partial charge < -0.3 is 16.0 Å². The average molecular weight is 295 g/mol. The molecule has 0 atom stereocenters. The van der Waals surface area contributed by atoms with E-state index >= 15 is 0 Å². The number of amides is 1. The number of piperidine rings is 1. The Kier molecular flexibility index (Phi) is 4.54. The number of rotatable bonds is 3. The van der Waals surface area contributed by atoms with Gasteiger partial charge in [-0.3, -0.25) is 4.79 Å². The lowest BCUT2D eigenvalue weighted by Crippen LogP contribution is -2.44. The predicted octanol–water partition coefficient (Wildman–Crippen LogP) is 1.56. The highest BCUT2D eigenvalue weighted by Gasteiger charge is 2.20. The Hall–Kier alpha value is -1.69. The lowest BCUT2D eigenvalue weighted by molar-refractivity contribution is -0.119. The van der Waals surface area contributed by atoms with Crippen LogP contribution in [0.2, 0.25) is 0 Å². The second-order valence-corrected chi connectivity index (χ2v) is 5.43. The summed E-state index contributed by atoms with van der Waals surface area (Å²) in [5, 5.41) is 2.92. The maximum Gasteiger partial charge on any atom is 0.217 e. The van der Waals surface area contributed by atoms with E-state index in [-0.39, 0.29) is 28.3 Å². The fourth-order valence-electron chi connectivity index (χ4n) is 2.47. The predicted molar refractivity (Wildman–Crippen MR) is 81.3 cm³/mol. The first-order chi connectivity index (χ1) is 9.47. The topological polar surface area (TPSA) is 58.4 Å². The van der Waals surface area contributed by atoms with Gasteiger partial charge in [-0.25, -0.2) is 4.39 Å². The maximum atomic E-state index is 13.9. The summed E-state index contributed by atoms with van der Waals surface area (Å²) in [6.45, 7) is 3.10. The zero-order chi connectivity index (χ0) is 14.7. The van der Waals surface area contributed by atoms with Gasteiger partial charge in [0.2, 0.25) is 5.91 Å². The smallest absolute Gasteiger partial charge is 0.217 e. The molecule has 0 unspecified atom stereocenters. The van der Waals surface area contributed by atoms with E-state index in [2.05, 4.69) is 10.2 Å². The van der Waals surface area contributed by atoms with Crippen LogP contribution in [0.25, 0.3) is 0 Å². The number of nitrogens with one attached hydrogen (secondary N) is 1. The second kappa shape index (κ2) is 6.17. The minimum Gasteiger partial charge on any atom is -0.389 e. The number of hydrogen-bond donors (Lipinski definition) is 2. The van der Waals surface area contributed by atoms with E-state index in [1.54, 1.807) is 6.07 Å². The number of thiocarbonyl (C=S) groups is 1. The molecule has 2 rings (SSSR count). The summed E-state index contributed by atoms with van der Waals surface area (Å²) in [5.74, 6) is -0.394. The summed E-state index contributed by atoms with van der Waals surface area (Å²) in [7, 11) is 0. The van der Waals surface area contributed by atoms with Crippen molar-refractivity contribution >= 4 is 28.8 Å². The number of benzene rings is 1. The van der Waals surface area contributed by atoms with E-state index in [4.69, 9.17) is 18.0 Å². The third-order valence-electron chi connectivity index (χ3n) is 3.49. The largest absolute Gasteiger partial charge is 0.389 e. The van der Waals surface area contributed by atoms with Crippen LogP contribution >= 0.6 is 12.2 Å². The molecule has 6 heteroatoms. The fourth-order valence-corrected chi connectivity index (χ4v) is 2.64. The molecule has 1 fully saturated rings. The van der Waals surface area contributed by atoms with Gasteiger partial charge in [-0.05, 0) is 31.0 Å². The zero-order valence-electron chi connectivity index (χ0n) is 11.4. The lowest BCUT2D eigenvalue weighted by Gasteiger charge is -2.33. The normalized spacial score (nSPS) is 16.0. The lowest BCUT2D eigenvalue weighted by atomic mass is 10.0. The van der Waals surface area contributed by atoms with Crippen molar-refractivity contribution in [2.45, 2.75) is 25.8 Å². The van der Waals surface area contributed by atoms with Crippen LogP contribution in [-0.4, -0.2) is 30.0 Å². The summed E-state index contributed by atoms with van der Waals surface area (Å²) in [4.78, 5) is 13.2. The summed E-state index contributed by atoms with van der Waals surface area (Å²) in [5.41, 5.74) is 6.54. The maximum absolute atomic E-state index is 13.9. The minimum absolute atomic E-state index is 0.00435. The van der Waals surface area contributed by atoms with E-state index in [0.29, 0.717) is 0 Å². The third kappa shape index (κ3) is 3.45. The Bertz CT molecular complexity index is 527. The highest BCUT2D eigenvalue weighted by atomic mass is 32.1. The molecule has 0 aromatic heterocycles. The van der Waals surface area contributed by atoms with Crippen molar-refractivity contribution in [3.8, 4) is 0 Å². The molecular weight excluding hydrogens is 277 g/mol. The monoisotopic (exact) mass is 295 g/mol. The molecule has 20 heavy (non-hydrogen) atoms. The Morgan fingerprint density at radius 2 is 2.10 bits per heavy atom. The molecule has 0 saturated carbocycles. The quantitative estimate of drug-likeness (QED) is 0.831. The summed E-state index contributed by atoms with van der Waals surface area (Å²) in [6.07, 6.45) is 1.72. The van der Waals surface area contributed by atoms with Crippen molar-refractivity contribution in [2.24, 2.45) is 5.73 Å². The van der Waals surface area contributed by atoms with Gasteiger partial charge in [0.1, 0.15) is 10.8 Å². The molecule has 108 valence electrons. The standard InChI is InChI=1S/C14H18FN3OS/c1-9(19)17-10-4-6-18(7-5-10)11-2-3-12(14(16)20)13(15)8-11/h2-3,8,10H,4-7H2,1H3,(H2,16,20)(H,17,19). The molecule has 1 heterocycles. The average Bonchev–Trinajstić information content (AvgIpc) is 2.38. The third-order valence-corrected chi connectivity index (χ3v) is 3.71. The molecule has 4 nitrogen and oxygen atoms in total. The number of hydrogen-bond acceptors (Lipinski definition) is 3. The zero-order valence-corrected chi connectivity index (χ0v) is 12.2. The van der Waals surface area contributed by atoms with Crippen LogP contribution in [0.1, 0.15) is 25.3 Å². The molecule has 1 aromatic rings. The Morgan fingerprint density at radius 1 is 1.45 bits per heavy atom. The molecule has 3 N–H and O–H groups in total. The van der Waals surface area contributed by atoms with Gasteiger partial charge >= 0.3 is 0 Å². The first-order valence-corrected chi connectivity index (χ1v) is 6.99. The molecule has 1 aliphatic rings. The number of anilines is 1. The Morgan fingerprint density at radius 3 is 2.60 bits per heavy atom. The van der Waals surface area contributed by atoms with Crippen molar-refractivity contribution < 1.29 is 9.18 Å². The van der Waals surface area contributed by atoms with E-state index in [1.165, 1.54) is 13.0 Å². The fraction of sp³-hybridized carbons (Fsp3) is 0.429. The summed E-state index contributed by atoms with van der Waals surface area (Å²) < 4.78 is 13.9. The van der Waals surface area contributed by atoms with Crippen LogP contribution in [0.15, 0.2) is 18.2 Å². The van der Waals surface area contributed by atoms with Gasteiger partial charge in [0.05, 0.1) is 0 Å². The molecule has 0 aliphatic carbocycles. The number of carbonyl (C=O) groups excluding carboxylic acids is 1. The van der Waals surface area contributed by atoms with E-state index in [0.717, 1.165) is 31.6 Å². The Labute approximate surface area is 123 Å². The molecule has 0 spiro atoms. The van der Waals surface area contributed by atoms with Crippen LogP contribution in [0.5, 0.6) is 0 Å². The van der Waals surface area contributed by atoms with Crippen LogP contribution in [0.3, 0.4) is 0 Å². The van der Waals surface area contributed by atoms with Gasteiger partial charge in [-0.1, -0.05) is 12.2 Å². The number of nitrogens with two attached hydrogens (primary N) is 1. The molecular formula is C14H18FN3OS. The van der Waals surface area contributed by atoms with Gasteiger partial charge in [0, 0.05) is 37.3 Å². The van der Waals surface area contributed by atoms with Crippen molar-refractivity contribution in [1.29, 1.82) is 0 Å². The van der Waals surface area contributed by atoms with Gasteiger partial charge in [-0.15, -0.1) is 0 Å².